The maximum absolute atomic E-state index is 12.7. The topological polar surface area (TPSA) is 94.8 Å². The number of rotatable bonds is 9. The zero-order chi connectivity index (χ0) is 21.5. The van der Waals surface area contributed by atoms with Crippen LogP contribution in [0.5, 0.6) is 0 Å². The van der Waals surface area contributed by atoms with Crippen molar-refractivity contribution in [3.63, 3.8) is 0 Å². The molecule has 0 saturated heterocycles. The summed E-state index contributed by atoms with van der Waals surface area (Å²) in [5.74, 6) is 0.214. The molecule has 2 aromatic heterocycles. The van der Waals surface area contributed by atoms with Crippen LogP contribution in [0.15, 0.2) is 35.5 Å². The van der Waals surface area contributed by atoms with Crippen LogP contribution in [0, 0.1) is 20.8 Å². The first-order valence-electron chi connectivity index (χ1n) is 9.71. The van der Waals surface area contributed by atoms with E-state index >= 15 is 0 Å². The van der Waals surface area contributed by atoms with E-state index in [1.165, 1.54) is 11.8 Å². The second-order valence-corrected chi connectivity index (χ2v) is 7.90. The molecule has 158 valence electrons. The van der Waals surface area contributed by atoms with Crippen molar-refractivity contribution in [1.82, 2.24) is 30.3 Å². The van der Waals surface area contributed by atoms with Gasteiger partial charge in [-0.15, -0.1) is 5.10 Å². The molecule has 9 heteroatoms. The zero-order valence-electron chi connectivity index (χ0n) is 17.7. The Kier molecular flexibility index (Phi) is 7.53. The summed E-state index contributed by atoms with van der Waals surface area (Å²) >= 11 is 1.46. The number of hydrogen-bond acceptors (Lipinski definition) is 7. The summed E-state index contributed by atoms with van der Waals surface area (Å²) in [6, 6.07) is 9.87. The van der Waals surface area contributed by atoms with Gasteiger partial charge in [0.2, 0.25) is 0 Å². The van der Waals surface area contributed by atoms with Crippen molar-refractivity contribution in [2.24, 2.45) is 0 Å². The highest BCUT2D eigenvalue weighted by atomic mass is 32.2. The van der Waals surface area contributed by atoms with Gasteiger partial charge in [-0.25, -0.2) is 14.6 Å². The van der Waals surface area contributed by atoms with Crippen LogP contribution in [0.4, 0.5) is 0 Å². The Labute approximate surface area is 180 Å². The van der Waals surface area contributed by atoms with Gasteiger partial charge in [-0.05, 0) is 45.4 Å². The van der Waals surface area contributed by atoms with Crippen LogP contribution in [0.25, 0.3) is 5.69 Å². The summed E-state index contributed by atoms with van der Waals surface area (Å²) in [4.78, 5) is 21.7. The van der Waals surface area contributed by atoms with E-state index in [4.69, 9.17) is 4.74 Å². The molecule has 1 N–H and O–H groups in total. The number of nitrogens with one attached hydrogen (secondary N) is 1. The van der Waals surface area contributed by atoms with E-state index in [2.05, 4.69) is 25.6 Å². The predicted molar refractivity (Wildman–Crippen MR) is 116 cm³/mol. The Morgan fingerprint density at radius 2 is 1.83 bits per heavy atom. The normalized spacial score (nSPS) is 10.9. The standard InChI is InChI=1S/C21H26N6O2S/c1-14-6-8-17(9-7-14)27-18(13-30-21-23-15(2)12-16(3)24-21)19(25-26-27)20(28)22-10-5-11-29-4/h6-9,12H,5,10-11,13H2,1-4H3,(H,22,28). The maximum atomic E-state index is 12.7. The number of carbonyl (C=O) groups is 1. The van der Waals surface area contributed by atoms with E-state index in [9.17, 15) is 4.79 Å². The summed E-state index contributed by atoms with van der Waals surface area (Å²) in [7, 11) is 1.64. The molecule has 3 rings (SSSR count). The van der Waals surface area contributed by atoms with E-state index < -0.39 is 0 Å². The van der Waals surface area contributed by atoms with Gasteiger partial charge in [0.15, 0.2) is 10.9 Å². The minimum Gasteiger partial charge on any atom is -0.385 e. The molecule has 0 fully saturated rings. The molecule has 0 aliphatic rings. The molecule has 3 aromatic rings. The van der Waals surface area contributed by atoms with E-state index in [0.29, 0.717) is 35.4 Å². The SMILES string of the molecule is COCCCNC(=O)c1nnn(-c2ccc(C)cc2)c1CSc1nc(C)cc(C)n1. The third-order valence-electron chi connectivity index (χ3n) is 4.37. The summed E-state index contributed by atoms with van der Waals surface area (Å²) in [5, 5.41) is 12.0. The number of methoxy groups -OCH3 is 1. The number of thioether (sulfide) groups is 1. The van der Waals surface area contributed by atoms with Crippen LogP contribution in [-0.2, 0) is 10.5 Å². The van der Waals surface area contributed by atoms with Gasteiger partial charge in [0.25, 0.3) is 5.91 Å². The first kappa shape index (κ1) is 21.9. The molecule has 0 radical (unpaired) electrons. The molecule has 8 nitrogen and oxygen atoms in total. The van der Waals surface area contributed by atoms with Gasteiger partial charge < -0.3 is 10.1 Å². The van der Waals surface area contributed by atoms with Crippen LogP contribution >= 0.6 is 11.8 Å². The fourth-order valence-electron chi connectivity index (χ4n) is 2.89. The van der Waals surface area contributed by atoms with Gasteiger partial charge in [-0.1, -0.05) is 34.7 Å². The lowest BCUT2D eigenvalue weighted by Crippen LogP contribution is -2.26. The number of amides is 1. The second-order valence-electron chi connectivity index (χ2n) is 6.96. The van der Waals surface area contributed by atoms with Crippen molar-refractivity contribution in [3.05, 3.63) is 58.7 Å². The smallest absolute Gasteiger partial charge is 0.273 e. The molecule has 2 heterocycles. The van der Waals surface area contributed by atoms with Crippen molar-refractivity contribution in [3.8, 4) is 5.69 Å². The second kappa shape index (κ2) is 10.3. The number of aromatic nitrogens is 5. The zero-order valence-corrected chi connectivity index (χ0v) is 18.5. The Morgan fingerprint density at radius 1 is 1.13 bits per heavy atom. The van der Waals surface area contributed by atoms with Crippen molar-refractivity contribution >= 4 is 17.7 Å². The summed E-state index contributed by atoms with van der Waals surface area (Å²) in [6.07, 6.45) is 0.731. The molecule has 0 spiro atoms. The quantitative estimate of drug-likeness (QED) is 0.319. The molecular formula is C21H26N6O2S. The van der Waals surface area contributed by atoms with Crippen LogP contribution in [-0.4, -0.2) is 51.1 Å². The van der Waals surface area contributed by atoms with Crippen LogP contribution in [0.2, 0.25) is 0 Å². The third kappa shape index (κ3) is 5.64. The largest absolute Gasteiger partial charge is 0.385 e. The lowest BCUT2D eigenvalue weighted by atomic mass is 10.2. The summed E-state index contributed by atoms with van der Waals surface area (Å²) in [6.45, 7) is 7.00. The van der Waals surface area contributed by atoms with Crippen LogP contribution < -0.4 is 5.32 Å². The van der Waals surface area contributed by atoms with Gasteiger partial charge in [0.05, 0.1) is 11.4 Å². The average molecular weight is 427 g/mol. The Hall–Kier alpha value is -2.78. The fraction of sp³-hybridized carbons (Fsp3) is 0.381. The van der Waals surface area contributed by atoms with E-state index in [1.807, 2.05) is 51.1 Å². The Bertz CT molecular complexity index is 983. The number of ether oxygens (including phenoxy) is 1. The van der Waals surface area contributed by atoms with Gasteiger partial charge in [0.1, 0.15) is 0 Å². The molecule has 0 aliphatic carbocycles. The summed E-state index contributed by atoms with van der Waals surface area (Å²) < 4.78 is 6.74. The molecule has 0 saturated carbocycles. The van der Waals surface area contributed by atoms with Crippen molar-refractivity contribution in [2.75, 3.05) is 20.3 Å². The lowest BCUT2D eigenvalue weighted by molar-refractivity contribution is 0.0943. The van der Waals surface area contributed by atoms with Gasteiger partial charge in [-0.2, -0.15) is 0 Å². The van der Waals surface area contributed by atoms with Crippen molar-refractivity contribution in [2.45, 2.75) is 38.1 Å². The highest BCUT2D eigenvalue weighted by molar-refractivity contribution is 7.98. The minimum absolute atomic E-state index is 0.249. The fourth-order valence-corrected chi connectivity index (χ4v) is 3.84. The Balaban J connectivity index is 1.87. The van der Waals surface area contributed by atoms with E-state index in [0.717, 1.165) is 29.1 Å². The molecule has 30 heavy (non-hydrogen) atoms. The summed E-state index contributed by atoms with van der Waals surface area (Å²) in [5.41, 5.74) is 4.83. The van der Waals surface area contributed by atoms with Crippen LogP contribution in [0.3, 0.4) is 0 Å². The number of benzene rings is 1. The highest BCUT2D eigenvalue weighted by Gasteiger charge is 2.21. The van der Waals surface area contributed by atoms with Crippen molar-refractivity contribution in [1.29, 1.82) is 0 Å². The number of carbonyl (C=O) groups excluding carboxylic acids is 1. The first-order chi connectivity index (χ1) is 14.5. The van der Waals surface area contributed by atoms with E-state index in [-0.39, 0.29) is 5.91 Å². The molecule has 1 amide bonds. The monoisotopic (exact) mass is 426 g/mol. The average Bonchev–Trinajstić information content (AvgIpc) is 3.13. The molecule has 0 bridgehead atoms. The molecule has 0 unspecified atom stereocenters. The maximum Gasteiger partial charge on any atom is 0.273 e. The lowest BCUT2D eigenvalue weighted by Gasteiger charge is -2.09. The molecule has 1 aromatic carbocycles. The van der Waals surface area contributed by atoms with Crippen molar-refractivity contribution < 1.29 is 9.53 Å². The Morgan fingerprint density at radius 3 is 2.50 bits per heavy atom. The van der Waals surface area contributed by atoms with Crippen LogP contribution in [0.1, 0.15) is 39.6 Å². The molecule has 0 aliphatic heterocycles. The number of aryl methyl sites for hydroxylation is 3. The minimum atomic E-state index is -0.249. The predicted octanol–water partition coefficient (Wildman–Crippen LogP) is 3.04. The van der Waals surface area contributed by atoms with Gasteiger partial charge >= 0.3 is 0 Å². The molecule has 0 atom stereocenters. The van der Waals surface area contributed by atoms with Gasteiger partial charge in [-0.3, -0.25) is 4.79 Å². The van der Waals surface area contributed by atoms with Gasteiger partial charge in [0, 0.05) is 37.4 Å². The highest BCUT2D eigenvalue weighted by Crippen LogP contribution is 2.24. The number of nitrogens with zero attached hydrogens (tertiary/aromatic N) is 5. The molecular weight excluding hydrogens is 400 g/mol. The van der Waals surface area contributed by atoms with E-state index in [1.54, 1.807) is 11.8 Å². The third-order valence-corrected chi connectivity index (χ3v) is 5.23. The number of hydrogen-bond donors (Lipinski definition) is 1. The first-order valence-corrected chi connectivity index (χ1v) is 10.7.